The van der Waals surface area contributed by atoms with Crippen LogP contribution in [0, 0.1) is 20.8 Å². The summed E-state index contributed by atoms with van der Waals surface area (Å²) >= 11 is 1.47. The Morgan fingerprint density at radius 2 is 1.80 bits per heavy atom. The number of anilines is 1. The number of benzene rings is 1. The van der Waals surface area contributed by atoms with Gasteiger partial charge in [0.15, 0.2) is 0 Å². The number of thiazole rings is 1. The molecule has 0 fully saturated rings. The van der Waals surface area contributed by atoms with E-state index in [4.69, 9.17) is 0 Å². The number of hydrogen-bond acceptors (Lipinski definition) is 4. The summed E-state index contributed by atoms with van der Waals surface area (Å²) in [6.45, 7) is 5.99. The van der Waals surface area contributed by atoms with Crippen LogP contribution in [0.4, 0.5) is 5.69 Å². The maximum atomic E-state index is 12.6. The zero-order chi connectivity index (χ0) is 17.8. The van der Waals surface area contributed by atoms with Gasteiger partial charge in [-0.25, -0.2) is 4.98 Å². The van der Waals surface area contributed by atoms with Crippen LogP contribution in [0.15, 0.2) is 42.7 Å². The lowest BCUT2D eigenvalue weighted by Gasteiger charge is -2.06. The maximum absolute atomic E-state index is 12.6. The van der Waals surface area contributed by atoms with E-state index < -0.39 is 0 Å². The third-order valence-corrected chi connectivity index (χ3v) is 5.40. The minimum Gasteiger partial charge on any atom is -0.321 e. The van der Waals surface area contributed by atoms with Gasteiger partial charge in [0.2, 0.25) is 0 Å². The first-order valence-corrected chi connectivity index (χ1v) is 9.08. The maximum Gasteiger partial charge on any atom is 0.267 e. The first-order valence-electron chi connectivity index (χ1n) is 8.27. The Morgan fingerprint density at radius 1 is 1.04 bits per heavy atom. The molecule has 0 atom stereocenters. The highest BCUT2D eigenvalue weighted by Crippen LogP contribution is 2.22. The van der Waals surface area contributed by atoms with E-state index in [1.165, 1.54) is 22.5 Å². The molecule has 0 bridgehead atoms. The van der Waals surface area contributed by atoms with Gasteiger partial charge in [0.1, 0.15) is 4.88 Å². The third-order valence-electron chi connectivity index (χ3n) is 4.19. The first-order chi connectivity index (χ1) is 12.0. The van der Waals surface area contributed by atoms with E-state index in [9.17, 15) is 4.79 Å². The van der Waals surface area contributed by atoms with Crippen LogP contribution in [0.3, 0.4) is 0 Å². The van der Waals surface area contributed by atoms with Crippen molar-refractivity contribution in [3.8, 4) is 0 Å². The van der Waals surface area contributed by atoms with Crippen molar-refractivity contribution in [3.05, 3.63) is 75.0 Å². The van der Waals surface area contributed by atoms with Gasteiger partial charge in [-0.1, -0.05) is 6.07 Å². The second-order valence-corrected chi connectivity index (χ2v) is 7.21. The molecule has 5 heteroatoms. The normalized spacial score (nSPS) is 10.7. The molecule has 0 saturated carbocycles. The highest BCUT2D eigenvalue weighted by molar-refractivity contribution is 7.13. The number of carbonyl (C=O) groups is 1. The van der Waals surface area contributed by atoms with Gasteiger partial charge in [0, 0.05) is 24.5 Å². The minimum atomic E-state index is -0.0894. The first kappa shape index (κ1) is 17.3. The molecule has 0 aliphatic rings. The molecular weight excluding hydrogens is 330 g/mol. The fraction of sp³-hybridized carbons (Fsp3) is 0.250. The molecule has 0 radical (unpaired) electrons. The van der Waals surface area contributed by atoms with Crippen molar-refractivity contribution in [2.75, 3.05) is 5.32 Å². The molecule has 1 aromatic carbocycles. The molecule has 0 spiro atoms. The molecule has 0 unspecified atom stereocenters. The minimum absolute atomic E-state index is 0.0894. The summed E-state index contributed by atoms with van der Waals surface area (Å²) < 4.78 is 0. The summed E-state index contributed by atoms with van der Waals surface area (Å²) in [5.41, 5.74) is 5.21. The van der Waals surface area contributed by atoms with Crippen LogP contribution in [0.25, 0.3) is 0 Å². The Bertz CT molecular complexity index is 887. The molecule has 0 saturated heterocycles. The molecule has 2 heterocycles. The zero-order valence-electron chi connectivity index (χ0n) is 14.7. The van der Waals surface area contributed by atoms with E-state index in [0.29, 0.717) is 4.88 Å². The molecule has 3 aromatic rings. The molecule has 25 heavy (non-hydrogen) atoms. The topological polar surface area (TPSA) is 54.9 Å². The number of rotatable bonds is 5. The number of nitrogens with zero attached hydrogens (tertiary/aromatic N) is 2. The molecule has 0 aliphatic heterocycles. The lowest BCUT2D eigenvalue weighted by Crippen LogP contribution is -2.11. The second-order valence-electron chi connectivity index (χ2n) is 6.13. The van der Waals surface area contributed by atoms with Crippen LogP contribution in [-0.4, -0.2) is 15.9 Å². The second kappa shape index (κ2) is 7.57. The third kappa shape index (κ3) is 4.31. The van der Waals surface area contributed by atoms with Crippen LogP contribution in [0.1, 0.15) is 37.1 Å². The fourth-order valence-corrected chi connectivity index (χ4v) is 3.54. The fourth-order valence-electron chi connectivity index (χ4n) is 2.58. The quantitative estimate of drug-likeness (QED) is 0.736. The van der Waals surface area contributed by atoms with Crippen molar-refractivity contribution >= 4 is 22.9 Å². The van der Waals surface area contributed by atoms with Gasteiger partial charge in [-0.15, -0.1) is 11.3 Å². The van der Waals surface area contributed by atoms with Crippen molar-refractivity contribution in [2.45, 2.75) is 33.6 Å². The van der Waals surface area contributed by atoms with E-state index in [0.717, 1.165) is 34.8 Å². The number of aryl methyl sites for hydroxylation is 5. The van der Waals surface area contributed by atoms with Gasteiger partial charge in [-0.05, 0) is 68.1 Å². The van der Waals surface area contributed by atoms with Gasteiger partial charge >= 0.3 is 0 Å². The standard InChI is InChI=1S/C20H21N3OS/c1-13-4-6-17(12-14(13)2)23-20(24)19-15(3)22-18(25-19)7-5-16-8-10-21-11-9-16/h4,6,8-12H,5,7H2,1-3H3,(H,23,24). The highest BCUT2D eigenvalue weighted by atomic mass is 32.1. The van der Waals surface area contributed by atoms with Crippen molar-refractivity contribution in [1.29, 1.82) is 0 Å². The summed E-state index contributed by atoms with van der Waals surface area (Å²) in [7, 11) is 0. The molecule has 1 N–H and O–H groups in total. The van der Waals surface area contributed by atoms with E-state index in [1.807, 2.05) is 44.2 Å². The van der Waals surface area contributed by atoms with E-state index in [2.05, 4.69) is 22.2 Å². The van der Waals surface area contributed by atoms with Gasteiger partial charge in [0.05, 0.1) is 10.7 Å². The molecular formula is C20H21N3OS. The summed E-state index contributed by atoms with van der Waals surface area (Å²) in [6, 6.07) is 9.96. The van der Waals surface area contributed by atoms with Crippen molar-refractivity contribution < 1.29 is 4.79 Å². The number of hydrogen-bond donors (Lipinski definition) is 1. The SMILES string of the molecule is Cc1ccc(NC(=O)c2sc(CCc3ccncc3)nc2C)cc1C. The predicted molar refractivity (Wildman–Crippen MR) is 102 cm³/mol. The summed E-state index contributed by atoms with van der Waals surface area (Å²) in [5, 5.41) is 3.96. The van der Waals surface area contributed by atoms with Crippen LogP contribution < -0.4 is 5.32 Å². The summed E-state index contributed by atoms with van der Waals surface area (Å²) in [5.74, 6) is -0.0894. The van der Waals surface area contributed by atoms with Crippen molar-refractivity contribution in [3.63, 3.8) is 0 Å². The molecule has 0 aliphatic carbocycles. The van der Waals surface area contributed by atoms with E-state index in [1.54, 1.807) is 12.4 Å². The molecule has 128 valence electrons. The summed E-state index contributed by atoms with van der Waals surface area (Å²) in [6.07, 6.45) is 5.32. The van der Waals surface area contributed by atoms with Crippen LogP contribution in [0.2, 0.25) is 0 Å². The average Bonchev–Trinajstić information content (AvgIpc) is 2.98. The number of amides is 1. The van der Waals surface area contributed by atoms with Crippen LogP contribution in [-0.2, 0) is 12.8 Å². The zero-order valence-corrected chi connectivity index (χ0v) is 15.5. The highest BCUT2D eigenvalue weighted by Gasteiger charge is 2.15. The monoisotopic (exact) mass is 351 g/mol. The van der Waals surface area contributed by atoms with Crippen LogP contribution in [0.5, 0.6) is 0 Å². The molecule has 4 nitrogen and oxygen atoms in total. The predicted octanol–water partition coefficient (Wildman–Crippen LogP) is 4.50. The number of aromatic nitrogens is 2. The Labute approximate surface area is 152 Å². The Balaban J connectivity index is 1.68. The number of nitrogens with one attached hydrogen (secondary N) is 1. The van der Waals surface area contributed by atoms with Crippen molar-refractivity contribution in [2.24, 2.45) is 0 Å². The Kier molecular flexibility index (Phi) is 5.24. The lowest BCUT2D eigenvalue weighted by atomic mass is 10.1. The van der Waals surface area contributed by atoms with Gasteiger partial charge in [-0.2, -0.15) is 0 Å². The molecule has 3 rings (SSSR count). The Hall–Kier alpha value is -2.53. The molecule has 1 amide bonds. The van der Waals surface area contributed by atoms with Gasteiger partial charge in [0.25, 0.3) is 5.91 Å². The summed E-state index contributed by atoms with van der Waals surface area (Å²) in [4.78, 5) is 21.8. The largest absolute Gasteiger partial charge is 0.321 e. The average molecular weight is 351 g/mol. The number of pyridine rings is 1. The van der Waals surface area contributed by atoms with E-state index in [-0.39, 0.29) is 5.91 Å². The van der Waals surface area contributed by atoms with Gasteiger partial charge in [-0.3, -0.25) is 9.78 Å². The van der Waals surface area contributed by atoms with Crippen molar-refractivity contribution in [1.82, 2.24) is 9.97 Å². The Morgan fingerprint density at radius 3 is 2.52 bits per heavy atom. The number of carbonyl (C=O) groups excluding carboxylic acids is 1. The van der Waals surface area contributed by atoms with Crippen LogP contribution >= 0.6 is 11.3 Å². The molecule has 2 aromatic heterocycles. The lowest BCUT2D eigenvalue weighted by molar-refractivity contribution is 0.103. The van der Waals surface area contributed by atoms with Gasteiger partial charge < -0.3 is 5.32 Å². The van der Waals surface area contributed by atoms with E-state index >= 15 is 0 Å². The smallest absolute Gasteiger partial charge is 0.267 e.